The predicted octanol–water partition coefficient (Wildman–Crippen LogP) is 3.05. The van der Waals surface area contributed by atoms with Gasteiger partial charge in [-0.15, -0.1) is 5.10 Å². The summed E-state index contributed by atoms with van der Waals surface area (Å²) in [5.41, 5.74) is 6.25. The van der Waals surface area contributed by atoms with Crippen molar-refractivity contribution in [1.29, 1.82) is 0 Å². The molecule has 0 unspecified atom stereocenters. The lowest BCUT2D eigenvalue weighted by molar-refractivity contribution is -0.120. The number of rotatable bonds is 5. The maximum atomic E-state index is 12.2. The van der Waals surface area contributed by atoms with Gasteiger partial charge in [0.2, 0.25) is 17.0 Å². The molecule has 1 heterocycles. The Morgan fingerprint density at radius 1 is 1.41 bits per heavy atom. The Labute approximate surface area is 142 Å². The van der Waals surface area contributed by atoms with Crippen molar-refractivity contribution in [2.75, 3.05) is 5.73 Å². The number of H-pyrrole nitrogens is 1. The van der Waals surface area contributed by atoms with Crippen molar-refractivity contribution in [2.45, 2.75) is 30.3 Å². The smallest absolute Gasteiger partial charge is 0.233 e. The van der Waals surface area contributed by atoms with Crippen LogP contribution < -0.4 is 11.1 Å². The summed E-state index contributed by atoms with van der Waals surface area (Å²) in [6.45, 7) is 3.62. The monoisotopic (exact) mass is 359 g/mol. The first-order chi connectivity index (χ1) is 10.4. The van der Waals surface area contributed by atoms with E-state index in [1.165, 1.54) is 11.8 Å². The van der Waals surface area contributed by atoms with Gasteiger partial charge < -0.3 is 11.1 Å². The molecule has 0 aliphatic heterocycles. The highest BCUT2D eigenvalue weighted by Gasteiger charge is 2.20. The van der Waals surface area contributed by atoms with Gasteiger partial charge >= 0.3 is 0 Å². The van der Waals surface area contributed by atoms with Crippen molar-refractivity contribution in [1.82, 2.24) is 20.5 Å². The molecule has 0 fully saturated rings. The van der Waals surface area contributed by atoms with Gasteiger partial charge in [-0.1, -0.05) is 41.0 Å². The van der Waals surface area contributed by atoms with Gasteiger partial charge in [-0.05, 0) is 31.5 Å². The number of thioether (sulfide) groups is 1. The lowest BCUT2D eigenvalue weighted by Gasteiger charge is -2.18. The first-order valence-electron chi connectivity index (χ1n) is 6.46. The van der Waals surface area contributed by atoms with Crippen molar-refractivity contribution in [2.24, 2.45) is 0 Å². The molecule has 0 bridgehead atoms. The van der Waals surface area contributed by atoms with E-state index in [9.17, 15) is 4.79 Å². The maximum Gasteiger partial charge on any atom is 0.233 e. The number of amides is 1. The first-order valence-corrected chi connectivity index (χ1v) is 8.10. The fraction of sp³-hybridized carbons (Fsp3) is 0.308. The van der Waals surface area contributed by atoms with Gasteiger partial charge in [-0.2, -0.15) is 4.98 Å². The molecule has 0 spiro atoms. The fourth-order valence-electron chi connectivity index (χ4n) is 1.78. The summed E-state index contributed by atoms with van der Waals surface area (Å²) in [6, 6.07) is 4.94. The third-order valence-electron chi connectivity index (χ3n) is 2.92. The number of aromatic amines is 1. The van der Waals surface area contributed by atoms with Gasteiger partial charge in [0.25, 0.3) is 0 Å². The van der Waals surface area contributed by atoms with E-state index in [1.807, 2.05) is 6.92 Å². The molecule has 2 atom stereocenters. The van der Waals surface area contributed by atoms with Crippen LogP contribution in [0.2, 0.25) is 10.0 Å². The number of carbonyl (C=O) groups excluding carboxylic acids is 1. The summed E-state index contributed by atoms with van der Waals surface area (Å²) in [4.78, 5) is 16.2. The van der Waals surface area contributed by atoms with Gasteiger partial charge in [0.05, 0.1) is 11.3 Å². The van der Waals surface area contributed by atoms with Crippen LogP contribution in [0.15, 0.2) is 23.4 Å². The molecule has 1 aromatic carbocycles. The second kappa shape index (κ2) is 7.21. The van der Waals surface area contributed by atoms with Crippen LogP contribution in [0.25, 0.3) is 0 Å². The number of aromatic nitrogens is 3. The molecule has 9 heteroatoms. The average Bonchev–Trinajstić information content (AvgIpc) is 2.83. The van der Waals surface area contributed by atoms with Crippen molar-refractivity contribution in [3.05, 3.63) is 33.8 Å². The fourth-order valence-corrected chi connectivity index (χ4v) is 3.10. The van der Waals surface area contributed by atoms with E-state index in [1.54, 1.807) is 25.1 Å². The van der Waals surface area contributed by atoms with Crippen LogP contribution >= 0.6 is 35.0 Å². The topological polar surface area (TPSA) is 96.7 Å². The number of carbonyl (C=O) groups is 1. The van der Waals surface area contributed by atoms with Crippen LogP contribution in [0, 0.1) is 0 Å². The quantitative estimate of drug-likeness (QED) is 0.712. The number of halogens is 2. The number of nitrogens with one attached hydrogen (secondary N) is 2. The van der Waals surface area contributed by atoms with Crippen molar-refractivity contribution in [3.8, 4) is 0 Å². The summed E-state index contributed by atoms with van der Waals surface area (Å²) in [7, 11) is 0. The number of hydrogen-bond donors (Lipinski definition) is 3. The predicted molar refractivity (Wildman–Crippen MR) is 89.1 cm³/mol. The van der Waals surface area contributed by atoms with Crippen molar-refractivity contribution in [3.63, 3.8) is 0 Å². The molecule has 4 N–H and O–H groups in total. The first kappa shape index (κ1) is 16.9. The zero-order chi connectivity index (χ0) is 16.3. The minimum atomic E-state index is -0.372. The number of benzene rings is 1. The Bertz CT molecular complexity index is 678. The molecule has 0 saturated carbocycles. The van der Waals surface area contributed by atoms with Gasteiger partial charge in [-0.25, -0.2) is 5.10 Å². The summed E-state index contributed by atoms with van der Waals surface area (Å²) in [5.74, 6) is 0.0725. The average molecular weight is 360 g/mol. The van der Waals surface area contributed by atoms with E-state index >= 15 is 0 Å². The summed E-state index contributed by atoms with van der Waals surface area (Å²) < 4.78 is 0. The zero-order valence-corrected chi connectivity index (χ0v) is 14.3. The molecule has 2 rings (SSSR count). The largest absolute Gasteiger partial charge is 0.368 e. The second-order valence-electron chi connectivity index (χ2n) is 4.66. The molecule has 0 saturated heterocycles. The molecule has 1 aromatic heterocycles. The van der Waals surface area contributed by atoms with E-state index in [0.29, 0.717) is 15.2 Å². The standard InChI is InChI=1S/C13H15Cl2N5OS/c1-6(9-4-3-8(14)5-10(9)15)17-11(21)7(2)22-13-18-12(16)19-20-13/h3-7H,1-2H3,(H,17,21)(H3,16,18,19,20)/t6-,7-/m1/s1. The van der Waals surface area contributed by atoms with Crippen LogP contribution in [-0.2, 0) is 4.79 Å². The van der Waals surface area contributed by atoms with Crippen LogP contribution in [0.4, 0.5) is 5.95 Å². The highest BCUT2D eigenvalue weighted by Crippen LogP contribution is 2.27. The minimum absolute atomic E-state index is 0.146. The number of nitrogen functional groups attached to an aromatic ring is 1. The third kappa shape index (κ3) is 4.28. The van der Waals surface area contributed by atoms with E-state index < -0.39 is 0 Å². The Hall–Kier alpha value is -1.44. The molecule has 22 heavy (non-hydrogen) atoms. The number of anilines is 1. The normalized spacial score (nSPS) is 13.6. The summed E-state index contributed by atoms with van der Waals surface area (Å²) in [5, 5.41) is 10.4. The molecular weight excluding hydrogens is 345 g/mol. The molecule has 0 radical (unpaired) electrons. The second-order valence-corrected chi connectivity index (χ2v) is 6.81. The Morgan fingerprint density at radius 3 is 2.73 bits per heavy atom. The Kier molecular flexibility index (Phi) is 5.55. The zero-order valence-electron chi connectivity index (χ0n) is 11.9. The molecule has 118 valence electrons. The Morgan fingerprint density at radius 2 is 2.14 bits per heavy atom. The van der Waals surface area contributed by atoms with Crippen LogP contribution in [-0.4, -0.2) is 26.3 Å². The van der Waals surface area contributed by atoms with Gasteiger partial charge in [0, 0.05) is 10.0 Å². The summed E-state index contributed by atoms with van der Waals surface area (Å²) in [6.07, 6.45) is 0. The number of nitrogens with two attached hydrogens (primary N) is 1. The van der Waals surface area contributed by atoms with Crippen molar-refractivity contribution >= 4 is 46.8 Å². The molecule has 2 aromatic rings. The lowest BCUT2D eigenvalue weighted by atomic mass is 10.1. The molecule has 0 aliphatic carbocycles. The van der Waals surface area contributed by atoms with Crippen LogP contribution in [0.1, 0.15) is 25.5 Å². The highest BCUT2D eigenvalue weighted by atomic mass is 35.5. The van der Waals surface area contributed by atoms with E-state index in [2.05, 4.69) is 20.5 Å². The van der Waals surface area contributed by atoms with Crippen LogP contribution in [0.5, 0.6) is 0 Å². The maximum absolute atomic E-state index is 12.2. The van der Waals surface area contributed by atoms with Gasteiger partial charge in [-0.3, -0.25) is 4.79 Å². The van der Waals surface area contributed by atoms with E-state index in [4.69, 9.17) is 28.9 Å². The minimum Gasteiger partial charge on any atom is -0.368 e. The van der Waals surface area contributed by atoms with Crippen LogP contribution in [0.3, 0.4) is 0 Å². The number of hydrogen-bond acceptors (Lipinski definition) is 5. The van der Waals surface area contributed by atoms with Gasteiger partial charge in [0.15, 0.2) is 0 Å². The molecular formula is C13H15Cl2N5OS. The SMILES string of the molecule is C[C@@H](Sc1n[nH]c(N)n1)C(=O)N[C@H](C)c1ccc(Cl)cc1Cl. The van der Waals surface area contributed by atoms with Gasteiger partial charge in [0.1, 0.15) is 0 Å². The molecule has 0 aliphatic rings. The Balaban J connectivity index is 1.98. The number of nitrogens with zero attached hydrogens (tertiary/aromatic N) is 2. The van der Waals surface area contributed by atoms with E-state index in [0.717, 1.165) is 5.56 Å². The molecule has 1 amide bonds. The lowest BCUT2D eigenvalue weighted by Crippen LogP contribution is -2.33. The van der Waals surface area contributed by atoms with Crippen molar-refractivity contribution < 1.29 is 4.79 Å². The third-order valence-corrected chi connectivity index (χ3v) is 4.44. The molecule has 6 nitrogen and oxygen atoms in total. The summed E-state index contributed by atoms with van der Waals surface area (Å²) >= 11 is 13.2. The highest BCUT2D eigenvalue weighted by molar-refractivity contribution is 8.00. The van der Waals surface area contributed by atoms with E-state index in [-0.39, 0.29) is 23.1 Å².